The maximum absolute atomic E-state index is 12.9. The Bertz CT molecular complexity index is 864. The van der Waals surface area contributed by atoms with Gasteiger partial charge in [-0.3, -0.25) is 4.79 Å². The van der Waals surface area contributed by atoms with Crippen molar-refractivity contribution in [3.8, 4) is 5.75 Å². The number of alkyl halides is 6. The molecule has 0 saturated heterocycles. The average molecular weight is 422 g/mol. The first kappa shape index (κ1) is 21.5. The number of halogens is 6. The molecule has 0 aliphatic heterocycles. The molecule has 2 aromatic rings. The number of rotatable bonds is 3. The number of methoxy groups -OCH3 is 1. The molecule has 0 atom stereocenters. The lowest BCUT2D eigenvalue weighted by molar-refractivity contribution is -0.143. The summed E-state index contributed by atoms with van der Waals surface area (Å²) in [5.74, 6) is -0.501. The van der Waals surface area contributed by atoms with Crippen LogP contribution in [0.4, 0.5) is 37.7 Å². The summed E-state index contributed by atoms with van der Waals surface area (Å²) in [7, 11) is 1.40. The first-order valence-electron chi connectivity index (χ1n) is 7.46. The maximum atomic E-state index is 12.9. The highest BCUT2D eigenvalue weighted by Crippen LogP contribution is 2.37. The zero-order chi connectivity index (χ0) is 21.1. The van der Waals surface area contributed by atoms with Crippen LogP contribution >= 0.6 is 12.2 Å². The van der Waals surface area contributed by atoms with Crippen LogP contribution in [-0.4, -0.2) is 18.0 Å². The lowest BCUT2D eigenvalue weighted by Crippen LogP contribution is -2.27. The van der Waals surface area contributed by atoms with Gasteiger partial charge in [0.2, 0.25) is 0 Å². The Labute approximate surface area is 160 Å². The van der Waals surface area contributed by atoms with Crippen LogP contribution < -0.4 is 15.4 Å². The van der Waals surface area contributed by atoms with Crippen molar-refractivity contribution in [1.29, 1.82) is 0 Å². The second-order valence-corrected chi connectivity index (χ2v) is 5.84. The molecule has 4 nitrogen and oxygen atoms in total. The molecule has 2 rings (SSSR count). The Hall–Kier alpha value is -2.82. The summed E-state index contributed by atoms with van der Waals surface area (Å²) in [6.45, 7) is 0. The molecule has 0 aliphatic carbocycles. The minimum Gasteiger partial charge on any atom is -0.497 e. The summed E-state index contributed by atoms with van der Waals surface area (Å²) >= 11 is 4.78. The predicted octanol–water partition coefficient (Wildman–Crippen LogP) is 5.11. The van der Waals surface area contributed by atoms with E-state index >= 15 is 0 Å². The molecule has 0 aromatic heterocycles. The van der Waals surface area contributed by atoms with E-state index in [-0.39, 0.29) is 11.8 Å². The molecule has 0 radical (unpaired) electrons. The fourth-order valence-electron chi connectivity index (χ4n) is 2.10. The summed E-state index contributed by atoms with van der Waals surface area (Å²) in [5.41, 5.74) is -3.40. The van der Waals surface area contributed by atoms with Crippen LogP contribution in [0.25, 0.3) is 0 Å². The third-order valence-corrected chi connectivity index (χ3v) is 3.67. The summed E-state index contributed by atoms with van der Waals surface area (Å²) in [4.78, 5) is 11.5. The van der Waals surface area contributed by atoms with Crippen molar-refractivity contribution in [2.24, 2.45) is 0 Å². The molecule has 2 aromatic carbocycles. The third-order valence-electron chi connectivity index (χ3n) is 3.38. The van der Waals surface area contributed by atoms with E-state index in [1.165, 1.54) is 19.2 Å². The molecular formula is C17H12F6N2O2S. The highest BCUT2D eigenvalue weighted by Gasteiger charge is 2.37. The molecule has 11 heteroatoms. The highest BCUT2D eigenvalue weighted by molar-refractivity contribution is 7.82. The normalized spacial score (nSPS) is 11.7. The van der Waals surface area contributed by atoms with Crippen LogP contribution in [0, 0.1) is 0 Å². The SMILES string of the molecule is COc1cccc(NC(=O)C(=S)Nc2cc(C(F)(F)F)cc(C(F)(F)F)c2)c1. The van der Waals surface area contributed by atoms with Crippen molar-refractivity contribution in [2.75, 3.05) is 17.7 Å². The van der Waals surface area contributed by atoms with Gasteiger partial charge in [-0.15, -0.1) is 0 Å². The van der Waals surface area contributed by atoms with Crippen molar-refractivity contribution in [1.82, 2.24) is 0 Å². The standard InChI is InChI=1S/C17H12F6N2O2S/c1-27-13-4-2-3-11(8-13)24-14(26)15(28)25-12-6-9(16(18,19)20)5-10(7-12)17(21,22)23/h2-8H,1H3,(H,24,26)(H,25,28). The Morgan fingerprint density at radius 2 is 1.46 bits per heavy atom. The van der Waals surface area contributed by atoms with Gasteiger partial charge in [0.1, 0.15) is 5.75 Å². The molecule has 0 bridgehead atoms. The van der Waals surface area contributed by atoms with Crippen molar-refractivity contribution in [3.05, 3.63) is 53.6 Å². The lowest BCUT2D eigenvalue weighted by atomic mass is 10.1. The predicted molar refractivity (Wildman–Crippen MR) is 94.3 cm³/mol. The summed E-state index contributed by atoms with van der Waals surface area (Å²) in [5, 5.41) is 4.46. The minimum absolute atomic E-state index is 0.0233. The van der Waals surface area contributed by atoms with E-state index in [0.29, 0.717) is 17.9 Å². The molecule has 0 unspecified atom stereocenters. The van der Waals surface area contributed by atoms with Gasteiger partial charge < -0.3 is 15.4 Å². The van der Waals surface area contributed by atoms with Gasteiger partial charge in [-0.2, -0.15) is 26.3 Å². The smallest absolute Gasteiger partial charge is 0.416 e. The van der Waals surface area contributed by atoms with Crippen LogP contribution in [0.2, 0.25) is 0 Å². The number of nitrogens with one attached hydrogen (secondary N) is 2. The Kier molecular flexibility index (Phi) is 6.17. The van der Waals surface area contributed by atoms with Crippen LogP contribution in [0.5, 0.6) is 5.75 Å². The fourth-order valence-corrected chi connectivity index (χ4v) is 2.27. The van der Waals surface area contributed by atoms with E-state index < -0.39 is 40.1 Å². The van der Waals surface area contributed by atoms with Gasteiger partial charge in [0, 0.05) is 17.4 Å². The molecule has 2 N–H and O–H groups in total. The minimum atomic E-state index is -5.01. The largest absolute Gasteiger partial charge is 0.497 e. The first-order valence-corrected chi connectivity index (χ1v) is 7.87. The van der Waals surface area contributed by atoms with Crippen molar-refractivity contribution in [2.45, 2.75) is 12.4 Å². The highest BCUT2D eigenvalue weighted by atomic mass is 32.1. The van der Waals surface area contributed by atoms with Gasteiger partial charge in [-0.25, -0.2) is 0 Å². The molecule has 0 saturated carbocycles. The monoisotopic (exact) mass is 422 g/mol. The Morgan fingerprint density at radius 3 is 1.96 bits per heavy atom. The zero-order valence-electron chi connectivity index (χ0n) is 14.0. The van der Waals surface area contributed by atoms with E-state index in [4.69, 9.17) is 17.0 Å². The van der Waals surface area contributed by atoms with Crippen LogP contribution in [0.1, 0.15) is 11.1 Å². The second kappa shape index (κ2) is 8.05. The molecular weight excluding hydrogens is 410 g/mol. The Balaban J connectivity index is 2.23. The number of hydrogen-bond acceptors (Lipinski definition) is 3. The van der Waals surface area contributed by atoms with E-state index in [1.807, 2.05) is 0 Å². The Morgan fingerprint density at radius 1 is 0.893 bits per heavy atom. The van der Waals surface area contributed by atoms with Crippen molar-refractivity contribution >= 4 is 34.5 Å². The number of amides is 1. The van der Waals surface area contributed by atoms with E-state index in [1.54, 1.807) is 12.1 Å². The number of ether oxygens (including phenoxy) is 1. The number of hydrogen-bond donors (Lipinski definition) is 2. The second-order valence-electron chi connectivity index (χ2n) is 5.43. The van der Waals surface area contributed by atoms with Gasteiger partial charge >= 0.3 is 12.4 Å². The molecule has 28 heavy (non-hydrogen) atoms. The quantitative estimate of drug-likeness (QED) is 0.533. The summed E-state index contributed by atoms with van der Waals surface area (Å²) < 4.78 is 82.2. The van der Waals surface area contributed by atoms with Gasteiger partial charge in [0.15, 0.2) is 4.99 Å². The summed E-state index contributed by atoms with van der Waals surface area (Å²) in [6, 6.07) is 6.95. The van der Waals surface area contributed by atoms with Gasteiger partial charge in [-0.05, 0) is 30.3 Å². The zero-order valence-corrected chi connectivity index (χ0v) is 14.9. The van der Waals surface area contributed by atoms with E-state index in [0.717, 1.165) is 0 Å². The van der Waals surface area contributed by atoms with Gasteiger partial charge in [0.25, 0.3) is 5.91 Å². The molecule has 1 amide bonds. The first-order chi connectivity index (χ1) is 12.9. The van der Waals surface area contributed by atoms with E-state index in [9.17, 15) is 31.1 Å². The lowest BCUT2D eigenvalue weighted by Gasteiger charge is -2.15. The third kappa shape index (κ3) is 5.59. The average Bonchev–Trinajstić information content (AvgIpc) is 2.60. The summed E-state index contributed by atoms with van der Waals surface area (Å²) in [6.07, 6.45) is -10.0. The molecule has 150 valence electrons. The van der Waals surface area contributed by atoms with E-state index in [2.05, 4.69) is 10.6 Å². The molecule has 0 fully saturated rings. The number of benzene rings is 2. The fraction of sp³-hybridized carbons (Fsp3) is 0.176. The van der Waals surface area contributed by atoms with Gasteiger partial charge in [0.05, 0.1) is 18.2 Å². The molecule has 0 spiro atoms. The van der Waals surface area contributed by atoms with Crippen molar-refractivity contribution < 1.29 is 35.9 Å². The van der Waals surface area contributed by atoms with Crippen LogP contribution in [-0.2, 0) is 17.1 Å². The maximum Gasteiger partial charge on any atom is 0.416 e. The molecule has 0 heterocycles. The van der Waals surface area contributed by atoms with Crippen molar-refractivity contribution in [3.63, 3.8) is 0 Å². The van der Waals surface area contributed by atoms with Crippen LogP contribution in [0.3, 0.4) is 0 Å². The molecule has 0 aliphatic rings. The number of thiocarbonyl (C=S) groups is 1. The van der Waals surface area contributed by atoms with Crippen LogP contribution in [0.15, 0.2) is 42.5 Å². The number of carbonyl (C=O) groups is 1. The number of anilines is 2. The number of carbonyl (C=O) groups excluding carboxylic acids is 1. The van der Waals surface area contributed by atoms with Gasteiger partial charge in [-0.1, -0.05) is 18.3 Å². The topological polar surface area (TPSA) is 50.4 Å².